The van der Waals surface area contributed by atoms with E-state index in [-0.39, 0.29) is 0 Å². The lowest BCUT2D eigenvalue weighted by molar-refractivity contribution is 0.666. The molecule has 0 aliphatic heterocycles. The molecular weight excluding hydrogens is 322 g/mol. The number of nitrogens with zero attached hydrogens (tertiary/aromatic N) is 6. The Morgan fingerprint density at radius 1 is 1.30 bits per heavy atom. The van der Waals surface area contributed by atoms with Crippen LogP contribution in [0.25, 0.3) is 22.3 Å². The lowest BCUT2D eigenvalue weighted by atomic mass is 10.2. The van der Waals surface area contributed by atoms with E-state index in [1.165, 1.54) is 0 Å². The van der Waals surface area contributed by atoms with Crippen LogP contribution in [0.4, 0.5) is 0 Å². The number of hydrogen-bond donors (Lipinski definition) is 1. The predicted octanol–water partition coefficient (Wildman–Crippen LogP) is 1.91. The zero-order valence-electron chi connectivity index (χ0n) is 10.2. The number of rotatable bonds is 2. The van der Waals surface area contributed by atoms with E-state index in [2.05, 4.69) is 46.2 Å². The molecule has 0 atom stereocenters. The Labute approximate surface area is 121 Å². The lowest BCUT2D eigenvalue weighted by Gasteiger charge is -2.00. The van der Waals surface area contributed by atoms with Gasteiger partial charge in [0.1, 0.15) is 10.3 Å². The first kappa shape index (κ1) is 11.5. The summed E-state index contributed by atoms with van der Waals surface area (Å²) in [6.45, 7) is 0.563. The summed E-state index contributed by atoms with van der Waals surface area (Å²) in [7, 11) is 0. The van der Waals surface area contributed by atoms with Crippen molar-refractivity contribution in [3.05, 3.63) is 40.9 Å². The minimum Gasteiger partial charge on any atom is -0.346 e. The summed E-state index contributed by atoms with van der Waals surface area (Å²) in [6, 6.07) is 3.93. The van der Waals surface area contributed by atoms with Crippen molar-refractivity contribution in [3.8, 4) is 0 Å². The molecule has 0 spiro atoms. The Balaban J connectivity index is 1.82. The molecule has 4 rings (SSSR count). The number of H-pyrrole nitrogens is 1. The fourth-order valence-electron chi connectivity index (χ4n) is 2.15. The average molecular weight is 330 g/mol. The van der Waals surface area contributed by atoms with E-state index < -0.39 is 0 Å². The second kappa shape index (κ2) is 4.34. The van der Waals surface area contributed by atoms with E-state index in [4.69, 9.17) is 0 Å². The second-order valence-corrected chi connectivity index (χ2v) is 5.11. The summed E-state index contributed by atoms with van der Waals surface area (Å²) >= 11 is 3.31. The number of aromatic nitrogens is 7. The fraction of sp³-hybridized carbons (Fsp3) is 0.0833. The van der Waals surface area contributed by atoms with Gasteiger partial charge in [-0.2, -0.15) is 0 Å². The Hall–Kier alpha value is -2.35. The van der Waals surface area contributed by atoms with E-state index in [1.807, 2.05) is 18.3 Å². The van der Waals surface area contributed by atoms with Crippen molar-refractivity contribution >= 4 is 38.3 Å². The molecule has 0 unspecified atom stereocenters. The van der Waals surface area contributed by atoms with Gasteiger partial charge in [0.2, 0.25) is 5.65 Å². The van der Waals surface area contributed by atoms with Gasteiger partial charge < -0.3 is 4.98 Å². The van der Waals surface area contributed by atoms with Gasteiger partial charge in [-0.1, -0.05) is 5.21 Å². The third kappa shape index (κ3) is 1.76. The largest absolute Gasteiger partial charge is 0.346 e. The number of aromatic amines is 1. The highest BCUT2D eigenvalue weighted by Gasteiger charge is 2.11. The molecule has 0 saturated carbocycles. The summed E-state index contributed by atoms with van der Waals surface area (Å²) in [5.74, 6) is 0. The third-order valence-corrected chi connectivity index (χ3v) is 3.44. The average Bonchev–Trinajstić information content (AvgIpc) is 3.05. The minimum absolute atomic E-state index is 0.533. The molecule has 0 amide bonds. The van der Waals surface area contributed by atoms with Crippen molar-refractivity contribution in [2.75, 3.05) is 0 Å². The molecule has 20 heavy (non-hydrogen) atoms. The SMILES string of the molecule is Brc1cnc2nnn(Cc3c[nH]c4ncccc34)c2n1. The van der Waals surface area contributed by atoms with Crippen molar-refractivity contribution < 1.29 is 0 Å². The maximum absolute atomic E-state index is 4.36. The zero-order valence-corrected chi connectivity index (χ0v) is 11.7. The van der Waals surface area contributed by atoms with Gasteiger partial charge in [-0.3, -0.25) is 0 Å². The molecule has 0 bridgehead atoms. The van der Waals surface area contributed by atoms with E-state index >= 15 is 0 Å². The molecule has 0 aliphatic rings. The molecule has 4 aromatic heterocycles. The maximum Gasteiger partial charge on any atom is 0.221 e. The summed E-state index contributed by atoms with van der Waals surface area (Å²) in [5.41, 5.74) is 3.13. The van der Waals surface area contributed by atoms with Crippen molar-refractivity contribution in [2.24, 2.45) is 0 Å². The Kier molecular flexibility index (Phi) is 2.49. The van der Waals surface area contributed by atoms with Gasteiger partial charge in [-0.15, -0.1) is 5.10 Å². The van der Waals surface area contributed by atoms with Crippen LogP contribution in [0, 0.1) is 0 Å². The third-order valence-electron chi connectivity index (χ3n) is 3.05. The van der Waals surface area contributed by atoms with Gasteiger partial charge in [-0.05, 0) is 28.1 Å². The van der Waals surface area contributed by atoms with Crippen LogP contribution < -0.4 is 0 Å². The quantitative estimate of drug-likeness (QED) is 0.607. The van der Waals surface area contributed by atoms with Crippen LogP contribution >= 0.6 is 15.9 Å². The van der Waals surface area contributed by atoms with Crippen LogP contribution in [0.5, 0.6) is 0 Å². The molecule has 0 aliphatic carbocycles. The van der Waals surface area contributed by atoms with Crippen molar-refractivity contribution in [2.45, 2.75) is 6.54 Å². The number of nitrogens with one attached hydrogen (secondary N) is 1. The van der Waals surface area contributed by atoms with Gasteiger partial charge in [0.25, 0.3) is 0 Å². The zero-order chi connectivity index (χ0) is 13.5. The topological polar surface area (TPSA) is 85.2 Å². The first-order valence-corrected chi connectivity index (χ1v) is 6.73. The Bertz CT molecular complexity index is 910. The standard InChI is InChI=1S/C12H8BrN7/c13-9-5-16-11-12(17-9)20(19-18-11)6-7-4-15-10-8(7)2-1-3-14-10/h1-5H,6H2,(H,14,15). The maximum atomic E-state index is 4.36. The Morgan fingerprint density at radius 3 is 3.20 bits per heavy atom. The van der Waals surface area contributed by atoms with E-state index in [9.17, 15) is 0 Å². The van der Waals surface area contributed by atoms with E-state index in [0.29, 0.717) is 22.4 Å². The van der Waals surface area contributed by atoms with Gasteiger partial charge in [-0.25, -0.2) is 19.6 Å². The van der Waals surface area contributed by atoms with Crippen LogP contribution in [0.2, 0.25) is 0 Å². The van der Waals surface area contributed by atoms with Crippen LogP contribution in [-0.4, -0.2) is 34.9 Å². The number of pyridine rings is 1. The first-order valence-electron chi connectivity index (χ1n) is 5.94. The van der Waals surface area contributed by atoms with Crippen LogP contribution in [0.1, 0.15) is 5.56 Å². The highest BCUT2D eigenvalue weighted by Crippen LogP contribution is 2.18. The van der Waals surface area contributed by atoms with Gasteiger partial charge in [0.05, 0.1) is 12.7 Å². The number of halogens is 1. The molecule has 0 aromatic carbocycles. The van der Waals surface area contributed by atoms with Crippen LogP contribution in [-0.2, 0) is 6.54 Å². The molecular formula is C12H8BrN7. The van der Waals surface area contributed by atoms with Gasteiger partial charge >= 0.3 is 0 Å². The molecule has 0 fully saturated rings. The number of hydrogen-bond acceptors (Lipinski definition) is 5. The van der Waals surface area contributed by atoms with Crippen LogP contribution in [0.15, 0.2) is 35.3 Å². The monoisotopic (exact) mass is 329 g/mol. The first-order chi connectivity index (χ1) is 9.81. The van der Waals surface area contributed by atoms with Crippen LogP contribution in [0.3, 0.4) is 0 Å². The molecule has 1 N–H and O–H groups in total. The molecule has 8 heteroatoms. The highest BCUT2D eigenvalue weighted by atomic mass is 79.9. The molecule has 4 heterocycles. The smallest absolute Gasteiger partial charge is 0.221 e. The summed E-state index contributed by atoms with van der Waals surface area (Å²) in [5, 5.41) is 9.19. The highest BCUT2D eigenvalue weighted by molar-refractivity contribution is 9.10. The minimum atomic E-state index is 0.533. The molecule has 0 saturated heterocycles. The molecule has 7 nitrogen and oxygen atoms in total. The predicted molar refractivity (Wildman–Crippen MR) is 76.0 cm³/mol. The fourth-order valence-corrected chi connectivity index (χ4v) is 2.42. The van der Waals surface area contributed by atoms with E-state index in [0.717, 1.165) is 16.6 Å². The van der Waals surface area contributed by atoms with Crippen molar-refractivity contribution in [1.29, 1.82) is 0 Å². The molecule has 4 aromatic rings. The van der Waals surface area contributed by atoms with E-state index in [1.54, 1.807) is 17.1 Å². The normalized spacial score (nSPS) is 11.4. The summed E-state index contributed by atoms with van der Waals surface area (Å²) in [6.07, 6.45) is 5.30. The summed E-state index contributed by atoms with van der Waals surface area (Å²) < 4.78 is 2.39. The Morgan fingerprint density at radius 2 is 2.25 bits per heavy atom. The van der Waals surface area contributed by atoms with Crippen molar-refractivity contribution in [3.63, 3.8) is 0 Å². The van der Waals surface area contributed by atoms with Crippen molar-refractivity contribution in [1.82, 2.24) is 34.9 Å². The van der Waals surface area contributed by atoms with Gasteiger partial charge in [0.15, 0.2) is 5.65 Å². The second-order valence-electron chi connectivity index (χ2n) is 4.30. The molecule has 98 valence electrons. The molecule has 0 radical (unpaired) electrons. The lowest BCUT2D eigenvalue weighted by Crippen LogP contribution is -2.02. The van der Waals surface area contributed by atoms with Gasteiger partial charge in [0, 0.05) is 23.3 Å². The summed E-state index contributed by atoms with van der Waals surface area (Å²) in [4.78, 5) is 15.9. The number of fused-ring (bicyclic) bond motifs is 2.